The summed E-state index contributed by atoms with van der Waals surface area (Å²) in [5.41, 5.74) is 1.41. The molecular formula is C18H20N2O3. The van der Waals surface area contributed by atoms with Crippen LogP contribution in [0, 0.1) is 5.92 Å². The van der Waals surface area contributed by atoms with Gasteiger partial charge in [-0.25, -0.2) is 0 Å². The van der Waals surface area contributed by atoms with Crippen molar-refractivity contribution in [3.63, 3.8) is 0 Å². The third-order valence-electron chi connectivity index (χ3n) is 4.11. The van der Waals surface area contributed by atoms with Crippen molar-refractivity contribution in [3.05, 3.63) is 64.1 Å². The lowest BCUT2D eigenvalue weighted by Gasteiger charge is -2.25. The molecule has 0 radical (unpaired) electrons. The normalized spacial score (nSPS) is 16.3. The van der Waals surface area contributed by atoms with Gasteiger partial charge >= 0.3 is 0 Å². The molecule has 1 amide bonds. The van der Waals surface area contributed by atoms with Gasteiger partial charge in [0.1, 0.15) is 5.75 Å². The highest BCUT2D eigenvalue weighted by Gasteiger charge is 2.20. The maximum atomic E-state index is 12.2. The Hall–Kier alpha value is -2.56. The molecular weight excluding hydrogens is 292 g/mol. The molecule has 0 fully saturated rings. The molecule has 0 saturated heterocycles. The zero-order chi connectivity index (χ0) is 16.2. The second-order valence-electron chi connectivity index (χ2n) is 5.74. The Labute approximate surface area is 134 Å². The van der Waals surface area contributed by atoms with E-state index in [2.05, 4.69) is 5.32 Å². The molecule has 1 N–H and O–H groups in total. The first-order valence-electron chi connectivity index (χ1n) is 7.86. The number of amides is 1. The van der Waals surface area contributed by atoms with Gasteiger partial charge in [-0.2, -0.15) is 0 Å². The van der Waals surface area contributed by atoms with E-state index in [1.807, 2.05) is 31.2 Å². The molecule has 5 heteroatoms. The fourth-order valence-corrected chi connectivity index (χ4v) is 2.77. The van der Waals surface area contributed by atoms with E-state index in [0.717, 1.165) is 12.2 Å². The van der Waals surface area contributed by atoms with Gasteiger partial charge in [0.05, 0.1) is 6.61 Å². The van der Waals surface area contributed by atoms with E-state index < -0.39 is 0 Å². The minimum Gasteiger partial charge on any atom is -0.493 e. The highest BCUT2D eigenvalue weighted by molar-refractivity contribution is 5.93. The highest BCUT2D eigenvalue weighted by atomic mass is 16.5. The second-order valence-corrected chi connectivity index (χ2v) is 5.74. The Kier molecular flexibility index (Phi) is 4.46. The number of aromatic nitrogens is 1. The number of carbonyl (C=O) groups excluding carboxylic acids is 1. The topological polar surface area (TPSA) is 60.3 Å². The minimum atomic E-state index is -0.218. The average Bonchev–Trinajstić information content (AvgIpc) is 2.59. The smallest absolute Gasteiger partial charge is 0.251 e. The molecule has 1 aromatic heterocycles. The van der Waals surface area contributed by atoms with E-state index in [1.165, 1.54) is 11.6 Å². The van der Waals surface area contributed by atoms with Crippen LogP contribution in [0.3, 0.4) is 0 Å². The van der Waals surface area contributed by atoms with E-state index in [9.17, 15) is 9.59 Å². The molecule has 1 aliphatic rings. The zero-order valence-corrected chi connectivity index (χ0v) is 13.1. The summed E-state index contributed by atoms with van der Waals surface area (Å²) in [5.74, 6) is 0.951. The number of para-hydroxylation sites is 1. The standard InChI is InChI=1S/C18H20N2O3/c1-2-20-8-7-15(10-17(20)21)18(22)19-11-13-9-14-5-3-4-6-16(14)23-12-13/h3-8,10,13H,2,9,11-12H2,1H3,(H,19,22). The van der Waals surface area contributed by atoms with Crippen molar-refractivity contribution >= 4 is 5.91 Å². The van der Waals surface area contributed by atoms with E-state index in [0.29, 0.717) is 25.3 Å². The van der Waals surface area contributed by atoms with Crippen LogP contribution < -0.4 is 15.6 Å². The maximum absolute atomic E-state index is 12.2. The Bertz CT molecular complexity index is 767. The summed E-state index contributed by atoms with van der Waals surface area (Å²) < 4.78 is 7.28. The monoisotopic (exact) mass is 312 g/mol. The Balaban J connectivity index is 1.60. The van der Waals surface area contributed by atoms with Gasteiger partial charge in [-0.15, -0.1) is 0 Å². The molecule has 3 rings (SSSR count). The highest BCUT2D eigenvalue weighted by Crippen LogP contribution is 2.26. The van der Waals surface area contributed by atoms with E-state index in [-0.39, 0.29) is 17.4 Å². The molecule has 1 unspecified atom stereocenters. The Morgan fingerprint density at radius 2 is 2.17 bits per heavy atom. The van der Waals surface area contributed by atoms with Crippen LogP contribution in [0.15, 0.2) is 47.4 Å². The number of ether oxygens (including phenoxy) is 1. The minimum absolute atomic E-state index is 0.157. The molecule has 2 aromatic rings. The van der Waals surface area contributed by atoms with Gasteiger partial charge in [0.25, 0.3) is 11.5 Å². The Morgan fingerprint density at radius 1 is 1.35 bits per heavy atom. The summed E-state index contributed by atoms with van der Waals surface area (Å²) in [6, 6.07) is 11.0. The first-order chi connectivity index (χ1) is 11.2. The molecule has 23 heavy (non-hydrogen) atoms. The summed E-state index contributed by atoms with van der Waals surface area (Å²) in [6.45, 7) is 3.61. The average molecular weight is 312 g/mol. The summed E-state index contributed by atoms with van der Waals surface area (Å²) in [5, 5.41) is 2.90. The number of hydrogen-bond donors (Lipinski definition) is 1. The predicted octanol–water partition coefficient (Wildman–Crippen LogP) is 1.85. The second kappa shape index (κ2) is 6.69. The van der Waals surface area contributed by atoms with Crippen LogP contribution in [0.4, 0.5) is 0 Å². The zero-order valence-electron chi connectivity index (χ0n) is 13.1. The lowest BCUT2D eigenvalue weighted by Crippen LogP contribution is -2.35. The number of nitrogens with one attached hydrogen (secondary N) is 1. The van der Waals surface area contributed by atoms with Gasteiger partial charge in [0.15, 0.2) is 0 Å². The van der Waals surface area contributed by atoms with E-state index in [4.69, 9.17) is 4.74 Å². The molecule has 1 aliphatic heterocycles. The fraction of sp³-hybridized carbons (Fsp3) is 0.333. The van der Waals surface area contributed by atoms with Crippen LogP contribution in [0.5, 0.6) is 5.75 Å². The summed E-state index contributed by atoms with van der Waals surface area (Å²) in [6.07, 6.45) is 2.53. The number of carbonyl (C=O) groups is 1. The summed E-state index contributed by atoms with van der Waals surface area (Å²) in [7, 11) is 0. The third kappa shape index (κ3) is 3.44. The summed E-state index contributed by atoms with van der Waals surface area (Å²) in [4.78, 5) is 24.0. The lowest BCUT2D eigenvalue weighted by atomic mass is 9.96. The van der Waals surface area contributed by atoms with Crippen molar-refractivity contribution in [2.24, 2.45) is 5.92 Å². The number of benzene rings is 1. The SMILES string of the molecule is CCn1ccc(C(=O)NCC2COc3ccccc3C2)cc1=O. The molecule has 0 saturated carbocycles. The van der Waals surface area contributed by atoms with Crippen molar-refractivity contribution in [1.29, 1.82) is 0 Å². The molecule has 0 bridgehead atoms. The molecule has 0 aliphatic carbocycles. The number of pyridine rings is 1. The van der Waals surface area contributed by atoms with Crippen LogP contribution in [-0.4, -0.2) is 23.6 Å². The third-order valence-corrected chi connectivity index (χ3v) is 4.11. The van der Waals surface area contributed by atoms with Gasteiger partial charge in [-0.1, -0.05) is 18.2 Å². The van der Waals surface area contributed by atoms with Gasteiger partial charge in [0, 0.05) is 36.8 Å². The van der Waals surface area contributed by atoms with Crippen molar-refractivity contribution < 1.29 is 9.53 Å². The number of aryl methyl sites for hydroxylation is 1. The number of hydrogen-bond acceptors (Lipinski definition) is 3. The van der Waals surface area contributed by atoms with E-state index >= 15 is 0 Å². The first kappa shape index (κ1) is 15.3. The van der Waals surface area contributed by atoms with Gasteiger partial charge in [-0.05, 0) is 31.0 Å². The van der Waals surface area contributed by atoms with Gasteiger partial charge in [-0.3, -0.25) is 9.59 Å². The van der Waals surface area contributed by atoms with Crippen LogP contribution >= 0.6 is 0 Å². The largest absolute Gasteiger partial charge is 0.493 e. The van der Waals surface area contributed by atoms with Crippen molar-refractivity contribution in [3.8, 4) is 5.75 Å². The van der Waals surface area contributed by atoms with Crippen LogP contribution in [0.1, 0.15) is 22.8 Å². The van der Waals surface area contributed by atoms with Crippen LogP contribution in [-0.2, 0) is 13.0 Å². The van der Waals surface area contributed by atoms with Crippen molar-refractivity contribution in [1.82, 2.24) is 9.88 Å². The fourth-order valence-electron chi connectivity index (χ4n) is 2.77. The van der Waals surface area contributed by atoms with Crippen molar-refractivity contribution in [2.75, 3.05) is 13.2 Å². The van der Waals surface area contributed by atoms with Crippen LogP contribution in [0.25, 0.3) is 0 Å². The van der Waals surface area contributed by atoms with E-state index in [1.54, 1.807) is 16.8 Å². The number of fused-ring (bicyclic) bond motifs is 1. The van der Waals surface area contributed by atoms with Gasteiger partial charge < -0.3 is 14.6 Å². The predicted molar refractivity (Wildman–Crippen MR) is 87.8 cm³/mol. The lowest BCUT2D eigenvalue weighted by molar-refractivity contribution is 0.0938. The van der Waals surface area contributed by atoms with Gasteiger partial charge in [0.2, 0.25) is 0 Å². The molecule has 5 nitrogen and oxygen atoms in total. The molecule has 0 spiro atoms. The maximum Gasteiger partial charge on any atom is 0.251 e. The van der Waals surface area contributed by atoms with Crippen LogP contribution in [0.2, 0.25) is 0 Å². The number of nitrogens with zero attached hydrogens (tertiary/aromatic N) is 1. The molecule has 1 atom stereocenters. The molecule has 2 heterocycles. The molecule has 1 aromatic carbocycles. The quantitative estimate of drug-likeness (QED) is 0.937. The summed E-state index contributed by atoms with van der Waals surface area (Å²) >= 11 is 0. The number of rotatable bonds is 4. The Morgan fingerprint density at radius 3 is 2.96 bits per heavy atom. The van der Waals surface area contributed by atoms with Crippen molar-refractivity contribution in [2.45, 2.75) is 19.9 Å². The molecule has 120 valence electrons. The first-order valence-corrected chi connectivity index (χ1v) is 7.86.